The van der Waals surface area contributed by atoms with Gasteiger partial charge in [0.1, 0.15) is 5.75 Å². The van der Waals surface area contributed by atoms with E-state index in [0.717, 1.165) is 18.6 Å². The molecule has 0 spiro atoms. The fourth-order valence-electron chi connectivity index (χ4n) is 1.51. The van der Waals surface area contributed by atoms with Crippen molar-refractivity contribution in [1.29, 1.82) is 0 Å². The normalized spacial score (nSPS) is 10.4. The summed E-state index contributed by atoms with van der Waals surface area (Å²) in [5.41, 5.74) is 1.32. The van der Waals surface area contributed by atoms with Crippen LogP contribution in [0.4, 0.5) is 0 Å². The summed E-state index contributed by atoms with van der Waals surface area (Å²) in [7, 11) is 0. The number of benzene rings is 1. The van der Waals surface area contributed by atoms with Crippen molar-refractivity contribution in [3.05, 3.63) is 40.6 Å². The van der Waals surface area contributed by atoms with Gasteiger partial charge in [0, 0.05) is 0 Å². The molecule has 0 bridgehead atoms. The summed E-state index contributed by atoms with van der Waals surface area (Å²) in [6.45, 7) is 2.44. The molecule has 0 aliphatic rings. The fraction of sp³-hybridized carbons (Fsp3) is 0.333. The van der Waals surface area contributed by atoms with Crippen LogP contribution in [0.2, 0.25) is 0 Å². The van der Waals surface area contributed by atoms with E-state index in [1.54, 1.807) is 0 Å². The van der Waals surface area contributed by atoms with Gasteiger partial charge < -0.3 is 9.15 Å². The van der Waals surface area contributed by atoms with Crippen molar-refractivity contribution in [3.63, 3.8) is 0 Å². The number of nitrogens with zero attached hydrogens (tertiary/aromatic N) is 1. The SMILES string of the molecule is CCCc1ccc(OCc2n[nH]c(=S)o2)cc1. The third-order valence-electron chi connectivity index (χ3n) is 2.31. The highest BCUT2D eigenvalue weighted by molar-refractivity contribution is 7.71. The number of aryl methyl sites for hydroxylation is 1. The standard InChI is InChI=1S/C12H14N2O2S/c1-2-3-9-4-6-10(7-5-9)15-8-11-13-14-12(17)16-11/h4-7H,2-3,8H2,1H3,(H,14,17). The molecule has 1 aromatic carbocycles. The maximum absolute atomic E-state index is 5.52. The Morgan fingerprint density at radius 3 is 2.71 bits per heavy atom. The van der Waals surface area contributed by atoms with Crippen molar-refractivity contribution in [1.82, 2.24) is 10.2 Å². The lowest BCUT2D eigenvalue weighted by Gasteiger charge is -2.04. The van der Waals surface area contributed by atoms with E-state index in [1.165, 1.54) is 5.56 Å². The molecule has 90 valence electrons. The molecule has 0 saturated carbocycles. The van der Waals surface area contributed by atoms with Crippen molar-refractivity contribution in [2.75, 3.05) is 0 Å². The molecule has 0 fully saturated rings. The molecule has 0 aliphatic heterocycles. The zero-order valence-corrected chi connectivity index (χ0v) is 10.4. The van der Waals surface area contributed by atoms with E-state index in [1.807, 2.05) is 12.1 Å². The molecule has 5 heteroatoms. The molecule has 2 rings (SSSR count). The van der Waals surface area contributed by atoms with Gasteiger partial charge in [0.2, 0.25) is 0 Å². The van der Waals surface area contributed by atoms with Gasteiger partial charge >= 0.3 is 0 Å². The van der Waals surface area contributed by atoms with Crippen molar-refractivity contribution < 1.29 is 9.15 Å². The predicted molar refractivity (Wildman–Crippen MR) is 66.5 cm³/mol. The van der Waals surface area contributed by atoms with Crippen LogP contribution in [-0.2, 0) is 13.0 Å². The Bertz CT molecular complexity index is 516. The van der Waals surface area contributed by atoms with E-state index in [2.05, 4.69) is 29.3 Å². The molecule has 0 unspecified atom stereocenters. The van der Waals surface area contributed by atoms with Gasteiger partial charge in [-0.3, -0.25) is 0 Å². The minimum atomic E-state index is 0.266. The second kappa shape index (κ2) is 5.63. The number of aromatic amines is 1. The Hall–Kier alpha value is -1.62. The Balaban J connectivity index is 1.92. The topological polar surface area (TPSA) is 51.0 Å². The van der Waals surface area contributed by atoms with Crippen LogP contribution in [0, 0.1) is 4.84 Å². The predicted octanol–water partition coefficient (Wildman–Crippen LogP) is 3.26. The molecule has 1 aromatic heterocycles. The van der Waals surface area contributed by atoms with Crippen molar-refractivity contribution in [3.8, 4) is 5.75 Å². The zero-order chi connectivity index (χ0) is 12.1. The van der Waals surface area contributed by atoms with Gasteiger partial charge in [-0.15, -0.1) is 5.10 Å². The molecule has 0 radical (unpaired) electrons. The first-order chi connectivity index (χ1) is 8.28. The van der Waals surface area contributed by atoms with Crippen molar-refractivity contribution in [2.45, 2.75) is 26.4 Å². The van der Waals surface area contributed by atoms with Crippen LogP contribution in [0.5, 0.6) is 5.75 Å². The maximum atomic E-state index is 5.52. The number of hydrogen-bond acceptors (Lipinski definition) is 4. The van der Waals surface area contributed by atoms with Gasteiger partial charge in [0.15, 0.2) is 6.61 Å². The van der Waals surface area contributed by atoms with E-state index < -0.39 is 0 Å². The molecule has 1 heterocycles. The quantitative estimate of drug-likeness (QED) is 0.827. The second-order valence-electron chi connectivity index (χ2n) is 3.69. The second-order valence-corrected chi connectivity index (χ2v) is 4.06. The third-order valence-corrected chi connectivity index (χ3v) is 2.48. The highest BCUT2D eigenvalue weighted by atomic mass is 32.1. The fourth-order valence-corrected chi connectivity index (χ4v) is 1.65. The molecule has 0 atom stereocenters. The lowest BCUT2D eigenvalue weighted by atomic mass is 10.1. The largest absolute Gasteiger partial charge is 0.484 e. The number of aromatic nitrogens is 2. The zero-order valence-electron chi connectivity index (χ0n) is 9.60. The molecular weight excluding hydrogens is 236 g/mol. The number of rotatable bonds is 5. The highest BCUT2D eigenvalue weighted by Gasteiger charge is 2.01. The van der Waals surface area contributed by atoms with Gasteiger partial charge in [-0.2, -0.15) is 0 Å². The highest BCUT2D eigenvalue weighted by Crippen LogP contribution is 2.14. The molecular formula is C12H14N2O2S. The lowest BCUT2D eigenvalue weighted by molar-refractivity contribution is 0.261. The van der Waals surface area contributed by atoms with Crippen LogP contribution in [0.15, 0.2) is 28.7 Å². The summed E-state index contributed by atoms with van der Waals surface area (Å²) in [4.78, 5) is 0.266. The molecule has 0 aliphatic carbocycles. The Morgan fingerprint density at radius 2 is 2.12 bits per heavy atom. The summed E-state index contributed by atoms with van der Waals surface area (Å²) in [5.74, 6) is 1.25. The van der Waals surface area contributed by atoms with Crippen LogP contribution in [0.1, 0.15) is 24.8 Å². The van der Waals surface area contributed by atoms with E-state index in [4.69, 9.17) is 21.4 Å². The number of ether oxygens (including phenoxy) is 1. The van der Waals surface area contributed by atoms with E-state index in [-0.39, 0.29) is 11.4 Å². The van der Waals surface area contributed by atoms with Gasteiger partial charge in [0.05, 0.1) is 0 Å². The minimum Gasteiger partial charge on any atom is -0.484 e. The molecule has 17 heavy (non-hydrogen) atoms. The molecule has 0 amide bonds. The van der Waals surface area contributed by atoms with Crippen LogP contribution < -0.4 is 4.74 Å². The lowest BCUT2D eigenvalue weighted by Crippen LogP contribution is -1.95. The van der Waals surface area contributed by atoms with Crippen molar-refractivity contribution in [2.24, 2.45) is 0 Å². The summed E-state index contributed by atoms with van der Waals surface area (Å²) in [5, 5.41) is 6.41. The van der Waals surface area contributed by atoms with Crippen LogP contribution in [-0.4, -0.2) is 10.2 Å². The van der Waals surface area contributed by atoms with Crippen molar-refractivity contribution >= 4 is 12.2 Å². The maximum Gasteiger partial charge on any atom is 0.284 e. The first-order valence-electron chi connectivity index (χ1n) is 5.54. The molecule has 0 saturated heterocycles. The third kappa shape index (κ3) is 3.42. The van der Waals surface area contributed by atoms with Gasteiger partial charge in [0.25, 0.3) is 10.7 Å². The Morgan fingerprint density at radius 1 is 1.35 bits per heavy atom. The van der Waals surface area contributed by atoms with Gasteiger partial charge in [-0.1, -0.05) is 25.5 Å². The summed E-state index contributed by atoms with van der Waals surface area (Å²) in [6.07, 6.45) is 2.24. The van der Waals surface area contributed by atoms with E-state index >= 15 is 0 Å². The summed E-state index contributed by atoms with van der Waals surface area (Å²) < 4.78 is 10.6. The van der Waals surface area contributed by atoms with E-state index in [0.29, 0.717) is 5.89 Å². The monoisotopic (exact) mass is 250 g/mol. The molecule has 2 aromatic rings. The van der Waals surface area contributed by atoms with E-state index in [9.17, 15) is 0 Å². The van der Waals surface area contributed by atoms with Crippen LogP contribution in [0.3, 0.4) is 0 Å². The number of hydrogen-bond donors (Lipinski definition) is 1. The smallest absolute Gasteiger partial charge is 0.284 e. The molecule has 4 nitrogen and oxygen atoms in total. The van der Waals surface area contributed by atoms with Crippen LogP contribution >= 0.6 is 12.2 Å². The van der Waals surface area contributed by atoms with Crippen LogP contribution in [0.25, 0.3) is 0 Å². The molecule has 1 N–H and O–H groups in total. The minimum absolute atomic E-state index is 0.266. The first kappa shape index (κ1) is 11.9. The van der Waals surface area contributed by atoms with Gasteiger partial charge in [-0.05, 0) is 36.3 Å². The number of nitrogens with one attached hydrogen (secondary N) is 1. The van der Waals surface area contributed by atoms with Gasteiger partial charge in [-0.25, -0.2) is 5.10 Å². The summed E-state index contributed by atoms with van der Waals surface area (Å²) in [6, 6.07) is 8.04. The number of H-pyrrole nitrogens is 1. The Kier molecular flexibility index (Phi) is 3.93. The first-order valence-corrected chi connectivity index (χ1v) is 5.95. The average Bonchev–Trinajstić information content (AvgIpc) is 2.75. The average molecular weight is 250 g/mol. The summed E-state index contributed by atoms with van der Waals surface area (Å²) >= 11 is 4.77. The Labute approximate surface area is 105 Å².